The van der Waals surface area contributed by atoms with E-state index in [-0.39, 0.29) is 23.8 Å². The quantitative estimate of drug-likeness (QED) is 0.627. The number of carboxylic acids is 1. The predicted octanol–water partition coefficient (Wildman–Crippen LogP) is 1.76. The van der Waals surface area contributed by atoms with Gasteiger partial charge < -0.3 is 16.2 Å². The minimum absolute atomic E-state index is 0.0480. The molecule has 112 valence electrons. The molecule has 0 aliphatic rings. The van der Waals surface area contributed by atoms with Gasteiger partial charge in [0.2, 0.25) is 5.91 Å². The number of carbonyl (C=O) groups excluding carboxylic acids is 1. The molecule has 0 heterocycles. The minimum Gasteiger partial charge on any atom is -0.481 e. The first-order valence-corrected chi connectivity index (χ1v) is 6.88. The molecule has 2 unspecified atom stereocenters. The molecule has 0 aliphatic carbocycles. The van der Waals surface area contributed by atoms with Crippen molar-refractivity contribution in [1.29, 1.82) is 0 Å². The molecule has 0 aromatic heterocycles. The van der Waals surface area contributed by atoms with Crippen LogP contribution in [0.1, 0.15) is 53.4 Å². The number of carbonyl (C=O) groups is 2. The fraction of sp³-hybridized carbons (Fsp3) is 0.857. The van der Waals surface area contributed by atoms with Gasteiger partial charge in [-0.05, 0) is 30.7 Å². The highest BCUT2D eigenvalue weighted by Gasteiger charge is 2.28. The van der Waals surface area contributed by atoms with Gasteiger partial charge in [0.15, 0.2) is 0 Å². The summed E-state index contributed by atoms with van der Waals surface area (Å²) in [5.74, 6) is -0.551. The molecule has 0 fully saturated rings. The van der Waals surface area contributed by atoms with Crippen molar-refractivity contribution < 1.29 is 14.7 Å². The first-order valence-electron chi connectivity index (χ1n) is 6.88. The fourth-order valence-corrected chi connectivity index (χ4v) is 1.82. The molecule has 0 saturated heterocycles. The SMILES string of the molecule is CC(CCN)CCC(=O)NC(CC(=O)O)C(C)(C)C. The largest absolute Gasteiger partial charge is 0.481 e. The highest BCUT2D eigenvalue weighted by atomic mass is 16.4. The molecule has 19 heavy (non-hydrogen) atoms. The Morgan fingerprint density at radius 1 is 1.26 bits per heavy atom. The molecule has 0 spiro atoms. The van der Waals surface area contributed by atoms with E-state index >= 15 is 0 Å². The fourth-order valence-electron chi connectivity index (χ4n) is 1.82. The highest BCUT2D eigenvalue weighted by molar-refractivity contribution is 5.77. The van der Waals surface area contributed by atoms with Crippen LogP contribution in [-0.4, -0.2) is 29.6 Å². The van der Waals surface area contributed by atoms with E-state index in [4.69, 9.17) is 10.8 Å². The highest BCUT2D eigenvalue weighted by Crippen LogP contribution is 2.22. The van der Waals surface area contributed by atoms with Crippen LogP contribution in [0.3, 0.4) is 0 Å². The number of hydrogen-bond acceptors (Lipinski definition) is 3. The minimum atomic E-state index is -0.892. The van der Waals surface area contributed by atoms with Crippen LogP contribution in [0.4, 0.5) is 0 Å². The van der Waals surface area contributed by atoms with E-state index in [0.29, 0.717) is 18.9 Å². The third-order valence-corrected chi connectivity index (χ3v) is 3.28. The number of carboxylic acid groups (broad SMARTS) is 1. The summed E-state index contributed by atoms with van der Waals surface area (Å²) < 4.78 is 0. The Morgan fingerprint density at radius 3 is 2.26 bits per heavy atom. The third kappa shape index (κ3) is 8.59. The van der Waals surface area contributed by atoms with E-state index in [2.05, 4.69) is 12.2 Å². The van der Waals surface area contributed by atoms with Gasteiger partial charge in [-0.25, -0.2) is 0 Å². The number of hydrogen-bond donors (Lipinski definition) is 3. The maximum atomic E-state index is 11.9. The molecular formula is C14H28N2O3. The molecule has 0 aromatic carbocycles. The Hall–Kier alpha value is -1.10. The van der Waals surface area contributed by atoms with Gasteiger partial charge in [-0.1, -0.05) is 27.7 Å². The summed E-state index contributed by atoms with van der Waals surface area (Å²) in [5, 5.41) is 11.7. The van der Waals surface area contributed by atoms with Crippen molar-refractivity contribution in [3.8, 4) is 0 Å². The number of aliphatic carboxylic acids is 1. The predicted molar refractivity (Wildman–Crippen MR) is 75.7 cm³/mol. The zero-order valence-corrected chi connectivity index (χ0v) is 12.5. The average molecular weight is 272 g/mol. The summed E-state index contributed by atoms with van der Waals surface area (Å²) in [6, 6.07) is -0.345. The lowest BCUT2D eigenvalue weighted by Crippen LogP contribution is -2.45. The van der Waals surface area contributed by atoms with Crippen molar-refractivity contribution in [2.45, 2.75) is 59.4 Å². The van der Waals surface area contributed by atoms with Gasteiger partial charge in [-0.3, -0.25) is 9.59 Å². The molecule has 0 rings (SSSR count). The first kappa shape index (κ1) is 17.9. The lowest BCUT2D eigenvalue weighted by molar-refractivity contribution is -0.138. The summed E-state index contributed by atoms with van der Waals surface area (Å²) in [6.07, 6.45) is 2.07. The molecule has 0 aromatic rings. The Bertz CT molecular complexity index is 298. The number of nitrogens with one attached hydrogen (secondary N) is 1. The average Bonchev–Trinajstić information content (AvgIpc) is 2.24. The summed E-state index contributed by atoms with van der Waals surface area (Å²) in [5.41, 5.74) is 5.20. The monoisotopic (exact) mass is 272 g/mol. The van der Waals surface area contributed by atoms with Gasteiger partial charge in [-0.15, -0.1) is 0 Å². The van der Waals surface area contributed by atoms with Crippen LogP contribution >= 0.6 is 0 Å². The second kappa shape index (κ2) is 8.15. The van der Waals surface area contributed by atoms with E-state index in [1.807, 2.05) is 20.8 Å². The molecule has 5 heteroatoms. The van der Waals surface area contributed by atoms with Crippen LogP contribution in [0.5, 0.6) is 0 Å². The summed E-state index contributed by atoms with van der Waals surface area (Å²) >= 11 is 0. The standard InChI is InChI=1S/C14H28N2O3/c1-10(7-8-15)5-6-12(17)16-11(9-13(18)19)14(2,3)4/h10-11H,5-9,15H2,1-4H3,(H,16,17)(H,18,19). The molecule has 0 bridgehead atoms. The van der Waals surface area contributed by atoms with Crippen molar-refractivity contribution in [3.05, 3.63) is 0 Å². The van der Waals surface area contributed by atoms with E-state index in [0.717, 1.165) is 12.8 Å². The smallest absolute Gasteiger partial charge is 0.305 e. The molecule has 0 radical (unpaired) electrons. The summed E-state index contributed by atoms with van der Waals surface area (Å²) in [6.45, 7) is 8.48. The van der Waals surface area contributed by atoms with E-state index in [1.54, 1.807) is 0 Å². The number of amides is 1. The summed E-state index contributed by atoms with van der Waals surface area (Å²) in [4.78, 5) is 22.7. The molecule has 0 aliphatic heterocycles. The van der Waals surface area contributed by atoms with Crippen molar-refractivity contribution >= 4 is 11.9 Å². The van der Waals surface area contributed by atoms with Gasteiger partial charge in [0, 0.05) is 12.5 Å². The Balaban J connectivity index is 4.28. The zero-order valence-electron chi connectivity index (χ0n) is 12.5. The summed E-state index contributed by atoms with van der Waals surface area (Å²) in [7, 11) is 0. The van der Waals surface area contributed by atoms with E-state index in [9.17, 15) is 9.59 Å². The van der Waals surface area contributed by atoms with Crippen LogP contribution in [0.2, 0.25) is 0 Å². The van der Waals surface area contributed by atoms with Gasteiger partial charge in [0.05, 0.1) is 6.42 Å². The second-order valence-corrected chi connectivity index (χ2v) is 6.31. The zero-order chi connectivity index (χ0) is 15.1. The molecule has 4 N–H and O–H groups in total. The number of rotatable bonds is 8. The first-order chi connectivity index (χ1) is 8.66. The van der Waals surface area contributed by atoms with Crippen LogP contribution in [0.25, 0.3) is 0 Å². The Labute approximate surface area is 115 Å². The van der Waals surface area contributed by atoms with Gasteiger partial charge in [-0.2, -0.15) is 0 Å². The molecular weight excluding hydrogens is 244 g/mol. The van der Waals surface area contributed by atoms with Crippen LogP contribution in [0.15, 0.2) is 0 Å². The van der Waals surface area contributed by atoms with Crippen molar-refractivity contribution in [2.75, 3.05) is 6.54 Å². The topological polar surface area (TPSA) is 92.4 Å². The van der Waals surface area contributed by atoms with Crippen LogP contribution < -0.4 is 11.1 Å². The van der Waals surface area contributed by atoms with Gasteiger partial charge in [0.1, 0.15) is 0 Å². The molecule has 2 atom stereocenters. The molecule has 5 nitrogen and oxygen atoms in total. The van der Waals surface area contributed by atoms with E-state index in [1.165, 1.54) is 0 Å². The molecule has 1 amide bonds. The lowest BCUT2D eigenvalue weighted by atomic mass is 9.84. The van der Waals surface area contributed by atoms with Crippen molar-refractivity contribution in [2.24, 2.45) is 17.1 Å². The van der Waals surface area contributed by atoms with Gasteiger partial charge in [0.25, 0.3) is 0 Å². The Morgan fingerprint density at radius 2 is 1.84 bits per heavy atom. The second-order valence-electron chi connectivity index (χ2n) is 6.31. The normalized spacial score (nSPS) is 14.8. The molecule has 0 saturated carbocycles. The third-order valence-electron chi connectivity index (χ3n) is 3.28. The maximum absolute atomic E-state index is 11.9. The van der Waals surface area contributed by atoms with Crippen LogP contribution in [-0.2, 0) is 9.59 Å². The van der Waals surface area contributed by atoms with Crippen LogP contribution in [0, 0.1) is 11.3 Å². The number of nitrogens with two attached hydrogens (primary N) is 1. The van der Waals surface area contributed by atoms with Gasteiger partial charge >= 0.3 is 5.97 Å². The van der Waals surface area contributed by atoms with Crippen molar-refractivity contribution in [3.63, 3.8) is 0 Å². The maximum Gasteiger partial charge on any atom is 0.305 e. The lowest BCUT2D eigenvalue weighted by Gasteiger charge is -2.30. The van der Waals surface area contributed by atoms with E-state index < -0.39 is 5.97 Å². The Kier molecular flexibility index (Phi) is 7.68. The van der Waals surface area contributed by atoms with Crippen molar-refractivity contribution in [1.82, 2.24) is 5.32 Å².